The van der Waals surface area contributed by atoms with Crippen LogP contribution in [0.15, 0.2) is 23.8 Å². The second kappa shape index (κ2) is 10.3. The Kier molecular flexibility index (Phi) is 11.2. The van der Waals surface area contributed by atoms with E-state index in [2.05, 4.69) is 60.1 Å². The number of rotatable bonds is 7. The first-order valence-corrected chi connectivity index (χ1v) is 7.78. The van der Waals surface area contributed by atoms with Gasteiger partial charge in [0.2, 0.25) is 0 Å². The molecule has 0 aromatic carbocycles. The van der Waals surface area contributed by atoms with E-state index in [4.69, 9.17) is 0 Å². The van der Waals surface area contributed by atoms with Crippen molar-refractivity contribution in [2.75, 3.05) is 20.1 Å². The third-order valence-corrected chi connectivity index (χ3v) is 3.70. The predicted molar refractivity (Wildman–Crippen MR) is 90.7 cm³/mol. The van der Waals surface area contributed by atoms with Crippen molar-refractivity contribution in [2.24, 2.45) is 11.3 Å². The lowest BCUT2D eigenvalue weighted by molar-refractivity contribution is 0.274. The third kappa shape index (κ3) is 7.57. The fourth-order valence-electron chi connectivity index (χ4n) is 2.64. The van der Waals surface area contributed by atoms with Crippen LogP contribution in [0.3, 0.4) is 0 Å². The Morgan fingerprint density at radius 1 is 1.26 bits per heavy atom. The van der Waals surface area contributed by atoms with Crippen LogP contribution < -0.4 is 0 Å². The Hall–Kier alpha value is -0.560. The number of hydrogen-bond donors (Lipinski definition) is 0. The quantitative estimate of drug-likeness (QED) is 0.547. The van der Waals surface area contributed by atoms with E-state index in [1.165, 1.54) is 12.0 Å². The fraction of sp³-hybridized carbons (Fsp3) is 0.778. The van der Waals surface area contributed by atoms with E-state index >= 15 is 0 Å². The molecule has 0 saturated heterocycles. The summed E-state index contributed by atoms with van der Waals surface area (Å²) < 4.78 is 0. The number of nitrogens with zero attached hydrogens (tertiary/aromatic N) is 1. The van der Waals surface area contributed by atoms with Gasteiger partial charge in [0.15, 0.2) is 0 Å². The van der Waals surface area contributed by atoms with Gasteiger partial charge in [-0.15, -0.1) is 0 Å². The Labute approximate surface area is 122 Å². The van der Waals surface area contributed by atoms with Crippen molar-refractivity contribution >= 4 is 0 Å². The van der Waals surface area contributed by atoms with Gasteiger partial charge >= 0.3 is 0 Å². The maximum Gasteiger partial charge on any atom is -0.00137 e. The summed E-state index contributed by atoms with van der Waals surface area (Å²) in [6.07, 6.45) is 3.21. The van der Waals surface area contributed by atoms with Crippen LogP contribution in [0.2, 0.25) is 0 Å². The number of allylic oxidation sites excluding steroid dienone is 3. The first kappa shape index (κ1) is 20.8. The van der Waals surface area contributed by atoms with Crippen LogP contribution in [0.25, 0.3) is 0 Å². The van der Waals surface area contributed by atoms with Crippen molar-refractivity contribution in [3.63, 3.8) is 0 Å². The molecular formula is C18H37N. The van der Waals surface area contributed by atoms with Gasteiger partial charge in [0.05, 0.1) is 0 Å². The van der Waals surface area contributed by atoms with Gasteiger partial charge in [0.1, 0.15) is 0 Å². The van der Waals surface area contributed by atoms with Gasteiger partial charge in [-0.3, -0.25) is 0 Å². The molecule has 0 saturated carbocycles. The molecule has 0 amide bonds. The second-order valence-electron chi connectivity index (χ2n) is 5.99. The van der Waals surface area contributed by atoms with Crippen LogP contribution in [-0.2, 0) is 0 Å². The van der Waals surface area contributed by atoms with Crippen molar-refractivity contribution in [2.45, 2.75) is 61.8 Å². The Morgan fingerprint density at radius 2 is 1.74 bits per heavy atom. The van der Waals surface area contributed by atoms with E-state index in [1.807, 2.05) is 19.9 Å². The van der Waals surface area contributed by atoms with E-state index < -0.39 is 0 Å². The standard InChI is InChI=1S/C16H31N.C2H6/c1-9-14(5)15(13(3)4)16(6,7)11-12-17(8)10-2;1-2/h9,13H,1,10-12H2,2-8H3;1-2H3/b15-14-;. The normalized spacial score (nSPS) is 13.0. The minimum atomic E-state index is 0.260. The van der Waals surface area contributed by atoms with Gasteiger partial charge in [-0.2, -0.15) is 0 Å². The highest BCUT2D eigenvalue weighted by Crippen LogP contribution is 2.37. The minimum Gasteiger partial charge on any atom is -0.307 e. The lowest BCUT2D eigenvalue weighted by atomic mass is 9.73. The molecular weight excluding hydrogens is 230 g/mol. The maximum atomic E-state index is 3.92. The summed E-state index contributed by atoms with van der Waals surface area (Å²) in [6.45, 7) is 23.9. The SMILES string of the molecule is C=C/C(C)=C(/C(C)C)C(C)(C)CCN(C)CC.CC. The molecule has 0 bridgehead atoms. The Morgan fingerprint density at radius 3 is 2.05 bits per heavy atom. The van der Waals surface area contributed by atoms with Crippen molar-refractivity contribution in [3.05, 3.63) is 23.8 Å². The average Bonchev–Trinajstić information content (AvgIpc) is 2.37. The van der Waals surface area contributed by atoms with Crippen LogP contribution in [0.4, 0.5) is 0 Å². The molecule has 0 aromatic rings. The largest absolute Gasteiger partial charge is 0.307 e. The molecule has 19 heavy (non-hydrogen) atoms. The van der Waals surface area contributed by atoms with Crippen LogP contribution in [-0.4, -0.2) is 25.0 Å². The third-order valence-electron chi connectivity index (χ3n) is 3.70. The highest BCUT2D eigenvalue weighted by Gasteiger charge is 2.26. The molecule has 0 aliphatic heterocycles. The molecule has 0 unspecified atom stereocenters. The highest BCUT2D eigenvalue weighted by molar-refractivity contribution is 5.28. The zero-order valence-corrected chi connectivity index (χ0v) is 14.9. The summed E-state index contributed by atoms with van der Waals surface area (Å²) >= 11 is 0. The molecule has 114 valence electrons. The molecule has 0 aliphatic carbocycles. The summed E-state index contributed by atoms with van der Waals surface area (Å²) in [7, 11) is 2.19. The van der Waals surface area contributed by atoms with Gasteiger partial charge in [-0.1, -0.05) is 72.3 Å². The van der Waals surface area contributed by atoms with Gasteiger partial charge < -0.3 is 4.90 Å². The lowest BCUT2D eigenvalue weighted by Crippen LogP contribution is -2.27. The molecule has 0 atom stereocenters. The summed E-state index contributed by atoms with van der Waals surface area (Å²) in [5.74, 6) is 0.593. The predicted octanol–water partition coefficient (Wildman–Crippen LogP) is 5.54. The summed E-state index contributed by atoms with van der Waals surface area (Å²) in [5, 5.41) is 0. The molecule has 1 nitrogen and oxygen atoms in total. The lowest BCUT2D eigenvalue weighted by Gasteiger charge is -2.34. The van der Waals surface area contributed by atoms with Crippen LogP contribution in [0.1, 0.15) is 61.8 Å². The maximum absolute atomic E-state index is 3.92. The van der Waals surface area contributed by atoms with Crippen LogP contribution in [0.5, 0.6) is 0 Å². The van der Waals surface area contributed by atoms with E-state index in [-0.39, 0.29) is 5.41 Å². The highest BCUT2D eigenvalue weighted by atomic mass is 15.1. The Bertz CT molecular complexity index is 271. The molecule has 0 aliphatic rings. The summed E-state index contributed by atoms with van der Waals surface area (Å²) in [4.78, 5) is 2.38. The van der Waals surface area contributed by atoms with Crippen molar-refractivity contribution in [3.8, 4) is 0 Å². The van der Waals surface area contributed by atoms with Gasteiger partial charge in [-0.25, -0.2) is 0 Å². The molecule has 0 aromatic heterocycles. The molecule has 1 heteroatoms. The van der Waals surface area contributed by atoms with Crippen molar-refractivity contribution < 1.29 is 0 Å². The van der Waals surface area contributed by atoms with E-state index in [0.717, 1.165) is 13.1 Å². The fourth-order valence-corrected chi connectivity index (χ4v) is 2.64. The van der Waals surface area contributed by atoms with E-state index in [9.17, 15) is 0 Å². The average molecular weight is 268 g/mol. The van der Waals surface area contributed by atoms with Crippen molar-refractivity contribution in [1.82, 2.24) is 4.90 Å². The van der Waals surface area contributed by atoms with Gasteiger partial charge in [0, 0.05) is 0 Å². The molecule has 0 N–H and O–H groups in total. The summed E-state index contributed by atoms with van der Waals surface area (Å²) in [5.41, 5.74) is 3.16. The Balaban J connectivity index is 0. The second-order valence-corrected chi connectivity index (χ2v) is 5.99. The molecule has 0 fully saturated rings. The molecule has 0 rings (SSSR count). The van der Waals surface area contributed by atoms with Crippen LogP contribution in [0, 0.1) is 11.3 Å². The zero-order chi connectivity index (χ0) is 15.6. The topological polar surface area (TPSA) is 3.24 Å². The summed E-state index contributed by atoms with van der Waals surface area (Å²) in [6, 6.07) is 0. The van der Waals surface area contributed by atoms with E-state index in [1.54, 1.807) is 5.57 Å². The first-order valence-electron chi connectivity index (χ1n) is 7.78. The molecule has 0 radical (unpaired) electrons. The first-order chi connectivity index (χ1) is 8.76. The smallest absolute Gasteiger partial charge is 0.00137 e. The molecule has 0 heterocycles. The van der Waals surface area contributed by atoms with Crippen LogP contribution >= 0.6 is 0 Å². The monoisotopic (exact) mass is 267 g/mol. The van der Waals surface area contributed by atoms with Gasteiger partial charge in [0.25, 0.3) is 0 Å². The zero-order valence-electron chi connectivity index (χ0n) is 14.9. The van der Waals surface area contributed by atoms with Crippen molar-refractivity contribution in [1.29, 1.82) is 0 Å². The van der Waals surface area contributed by atoms with E-state index in [0.29, 0.717) is 5.92 Å². The van der Waals surface area contributed by atoms with Gasteiger partial charge in [-0.05, 0) is 44.8 Å². The number of hydrogen-bond acceptors (Lipinski definition) is 1. The minimum absolute atomic E-state index is 0.260. The molecule has 0 spiro atoms.